The lowest BCUT2D eigenvalue weighted by Crippen LogP contribution is -2.26. The number of carbonyl (C=O) groups is 1. The third-order valence-electron chi connectivity index (χ3n) is 6.54. The second-order valence-electron chi connectivity index (χ2n) is 9.47. The SMILES string of the molecule is C=C(OCCONC(=O)c1ccc(-c2ccc(N)c(NCc3ccc4ncccc4c3)n2)cc1C)c1ccccc1. The molecule has 3 aromatic carbocycles. The van der Waals surface area contributed by atoms with E-state index < -0.39 is 0 Å². The van der Waals surface area contributed by atoms with Gasteiger partial charge in [-0.05, 0) is 60.5 Å². The summed E-state index contributed by atoms with van der Waals surface area (Å²) in [7, 11) is 0. The molecule has 8 heteroatoms. The second kappa shape index (κ2) is 12.8. The normalized spacial score (nSPS) is 10.8. The quantitative estimate of drug-likeness (QED) is 0.104. The van der Waals surface area contributed by atoms with Crippen LogP contribution in [0.3, 0.4) is 0 Å². The topological polar surface area (TPSA) is 111 Å². The monoisotopic (exact) mass is 545 g/mol. The number of amides is 1. The van der Waals surface area contributed by atoms with E-state index in [0.29, 0.717) is 29.4 Å². The second-order valence-corrected chi connectivity index (χ2v) is 9.47. The average molecular weight is 546 g/mol. The Kier molecular flexibility index (Phi) is 8.52. The van der Waals surface area contributed by atoms with Crippen molar-refractivity contribution in [2.75, 3.05) is 24.3 Å². The Balaban J connectivity index is 1.16. The molecule has 0 radical (unpaired) electrons. The number of anilines is 2. The van der Waals surface area contributed by atoms with E-state index in [0.717, 1.165) is 38.9 Å². The molecule has 0 aliphatic carbocycles. The van der Waals surface area contributed by atoms with Gasteiger partial charge in [0.2, 0.25) is 0 Å². The van der Waals surface area contributed by atoms with Crippen molar-refractivity contribution in [3.05, 3.63) is 126 Å². The van der Waals surface area contributed by atoms with Gasteiger partial charge in [-0.15, -0.1) is 0 Å². The van der Waals surface area contributed by atoms with Gasteiger partial charge < -0.3 is 15.8 Å². The molecule has 0 saturated heterocycles. The number of nitrogens with one attached hydrogen (secondary N) is 2. The van der Waals surface area contributed by atoms with Crippen LogP contribution >= 0.6 is 0 Å². The lowest BCUT2D eigenvalue weighted by Gasteiger charge is -2.13. The summed E-state index contributed by atoms with van der Waals surface area (Å²) in [5.41, 5.74) is 15.1. The van der Waals surface area contributed by atoms with Crippen LogP contribution in [0.2, 0.25) is 0 Å². The number of carbonyl (C=O) groups excluding carboxylic acids is 1. The number of ether oxygens (including phenoxy) is 1. The summed E-state index contributed by atoms with van der Waals surface area (Å²) < 4.78 is 5.59. The summed E-state index contributed by atoms with van der Waals surface area (Å²) in [6, 6.07) is 28.9. The van der Waals surface area contributed by atoms with E-state index in [2.05, 4.69) is 28.4 Å². The molecule has 0 fully saturated rings. The Hall–Kier alpha value is -5.21. The Morgan fingerprint density at radius 3 is 2.63 bits per heavy atom. The molecule has 0 aliphatic rings. The zero-order valence-electron chi connectivity index (χ0n) is 22.8. The van der Waals surface area contributed by atoms with E-state index in [-0.39, 0.29) is 19.1 Å². The minimum Gasteiger partial charge on any atom is -0.491 e. The number of nitrogens with zero attached hydrogens (tertiary/aromatic N) is 2. The van der Waals surface area contributed by atoms with Crippen LogP contribution in [-0.2, 0) is 16.1 Å². The summed E-state index contributed by atoms with van der Waals surface area (Å²) in [6.07, 6.45) is 1.78. The zero-order chi connectivity index (χ0) is 28.6. The molecule has 0 aliphatic heterocycles. The molecule has 2 heterocycles. The van der Waals surface area contributed by atoms with Crippen LogP contribution in [0.25, 0.3) is 27.9 Å². The highest BCUT2D eigenvalue weighted by Crippen LogP contribution is 2.26. The molecule has 0 bridgehead atoms. The summed E-state index contributed by atoms with van der Waals surface area (Å²) in [5.74, 6) is 0.806. The Labute approximate surface area is 238 Å². The molecule has 0 atom stereocenters. The third-order valence-corrected chi connectivity index (χ3v) is 6.54. The Bertz CT molecular complexity index is 1690. The molecule has 4 N–H and O–H groups in total. The fourth-order valence-corrected chi connectivity index (χ4v) is 4.36. The average Bonchev–Trinajstić information content (AvgIpc) is 3.00. The van der Waals surface area contributed by atoms with Crippen LogP contribution in [0, 0.1) is 6.92 Å². The lowest BCUT2D eigenvalue weighted by atomic mass is 10.0. The standard InChI is InChI=1S/C33H31N5O3/c1-22-19-27(11-12-28(22)33(39)38-41-18-17-40-23(2)25-7-4-3-5-8-25)31-15-13-29(34)32(37-31)36-21-24-10-14-30-26(20-24)9-6-16-35-30/h3-16,19-20H,2,17-18,21,34H2,1H3,(H,36,37)(H,38,39). The highest BCUT2D eigenvalue weighted by atomic mass is 16.7. The number of rotatable bonds is 11. The maximum Gasteiger partial charge on any atom is 0.275 e. The predicted octanol–water partition coefficient (Wildman–Crippen LogP) is 6.15. The molecular weight excluding hydrogens is 514 g/mol. The van der Waals surface area contributed by atoms with Gasteiger partial charge in [0, 0.05) is 34.8 Å². The van der Waals surface area contributed by atoms with E-state index in [4.69, 9.17) is 20.3 Å². The van der Waals surface area contributed by atoms with Crippen molar-refractivity contribution < 1.29 is 14.4 Å². The van der Waals surface area contributed by atoms with Crippen LogP contribution in [0.15, 0.2) is 104 Å². The molecule has 0 spiro atoms. The first-order chi connectivity index (χ1) is 20.0. The summed E-state index contributed by atoms with van der Waals surface area (Å²) in [5, 5.41) is 4.42. The smallest absolute Gasteiger partial charge is 0.275 e. The van der Waals surface area contributed by atoms with Crippen molar-refractivity contribution in [2.24, 2.45) is 0 Å². The third kappa shape index (κ3) is 6.87. The van der Waals surface area contributed by atoms with E-state index in [1.54, 1.807) is 12.3 Å². The van der Waals surface area contributed by atoms with Crippen molar-refractivity contribution in [3.8, 4) is 11.3 Å². The minimum atomic E-state index is -0.339. The molecule has 8 nitrogen and oxygen atoms in total. The van der Waals surface area contributed by atoms with Gasteiger partial charge in [-0.3, -0.25) is 14.6 Å². The van der Waals surface area contributed by atoms with Gasteiger partial charge in [0.1, 0.15) is 24.8 Å². The number of aromatic nitrogens is 2. The highest BCUT2D eigenvalue weighted by molar-refractivity contribution is 5.95. The summed E-state index contributed by atoms with van der Waals surface area (Å²) in [4.78, 5) is 27.1. The van der Waals surface area contributed by atoms with Crippen molar-refractivity contribution in [3.63, 3.8) is 0 Å². The number of hydroxylamine groups is 1. The van der Waals surface area contributed by atoms with E-state index in [1.165, 1.54) is 0 Å². The number of aryl methyl sites for hydroxylation is 1. The number of hydrogen-bond acceptors (Lipinski definition) is 7. The molecule has 2 aromatic heterocycles. The fraction of sp³-hybridized carbons (Fsp3) is 0.121. The van der Waals surface area contributed by atoms with Gasteiger partial charge in [-0.25, -0.2) is 10.5 Å². The highest BCUT2D eigenvalue weighted by Gasteiger charge is 2.12. The molecule has 1 amide bonds. The van der Waals surface area contributed by atoms with E-state index >= 15 is 0 Å². The predicted molar refractivity (Wildman–Crippen MR) is 163 cm³/mol. The molecule has 5 rings (SSSR count). The van der Waals surface area contributed by atoms with Crippen LogP contribution in [0.1, 0.15) is 27.0 Å². The van der Waals surface area contributed by atoms with Gasteiger partial charge in [0.05, 0.1) is 16.9 Å². The molecule has 0 unspecified atom stereocenters. The summed E-state index contributed by atoms with van der Waals surface area (Å²) in [6.45, 7) is 6.78. The van der Waals surface area contributed by atoms with Gasteiger partial charge in [-0.1, -0.05) is 55.1 Å². The first-order valence-electron chi connectivity index (χ1n) is 13.2. The van der Waals surface area contributed by atoms with Gasteiger partial charge in [0.25, 0.3) is 5.91 Å². The van der Waals surface area contributed by atoms with Gasteiger partial charge in [-0.2, -0.15) is 0 Å². The van der Waals surface area contributed by atoms with E-state index in [9.17, 15) is 4.79 Å². The van der Waals surface area contributed by atoms with Crippen LogP contribution in [0.4, 0.5) is 11.5 Å². The number of benzene rings is 3. The largest absolute Gasteiger partial charge is 0.491 e. The minimum absolute atomic E-state index is 0.177. The van der Waals surface area contributed by atoms with Crippen molar-refractivity contribution >= 4 is 34.1 Å². The van der Waals surface area contributed by atoms with Crippen LogP contribution in [-0.4, -0.2) is 29.1 Å². The fourth-order valence-electron chi connectivity index (χ4n) is 4.36. The van der Waals surface area contributed by atoms with Crippen molar-refractivity contribution in [2.45, 2.75) is 13.5 Å². The van der Waals surface area contributed by atoms with Gasteiger partial charge >= 0.3 is 0 Å². The van der Waals surface area contributed by atoms with Crippen LogP contribution < -0.4 is 16.5 Å². The number of nitrogens with two attached hydrogens (primary N) is 1. The first-order valence-corrected chi connectivity index (χ1v) is 13.2. The van der Waals surface area contributed by atoms with Crippen molar-refractivity contribution in [1.82, 2.24) is 15.4 Å². The molecule has 0 saturated carbocycles. The molecular formula is C33H31N5O3. The van der Waals surface area contributed by atoms with Crippen molar-refractivity contribution in [1.29, 1.82) is 0 Å². The van der Waals surface area contributed by atoms with Crippen LogP contribution in [0.5, 0.6) is 0 Å². The lowest BCUT2D eigenvalue weighted by molar-refractivity contribution is 0.0167. The molecule has 5 aromatic rings. The number of nitrogen functional groups attached to an aromatic ring is 1. The summed E-state index contributed by atoms with van der Waals surface area (Å²) >= 11 is 0. The maximum atomic E-state index is 12.7. The number of fused-ring (bicyclic) bond motifs is 1. The zero-order valence-corrected chi connectivity index (χ0v) is 22.8. The Morgan fingerprint density at radius 2 is 1.80 bits per heavy atom. The molecule has 206 valence electrons. The number of pyridine rings is 2. The Morgan fingerprint density at radius 1 is 0.951 bits per heavy atom. The first kappa shape index (κ1) is 27.4. The van der Waals surface area contributed by atoms with E-state index in [1.807, 2.05) is 85.8 Å². The maximum absolute atomic E-state index is 12.7. The molecule has 41 heavy (non-hydrogen) atoms. The number of hydrogen-bond donors (Lipinski definition) is 3. The van der Waals surface area contributed by atoms with Gasteiger partial charge in [0.15, 0.2) is 0 Å².